The van der Waals surface area contributed by atoms with Crippen molar-refractivity contribution in [1.82, 2.24) is 4.98 Å². The van der Waals surface area contributed by atoms with Crippen molar-refractivity contribution < 1.29 is 9.53 Å². The van der Waals surface area contributed by atoms with Crippen molar-refractivity contribution in [2.45, 2.75) is 0 Å². The largest absolute Gasteiger partial charge is 0.480 e. The number of aromatic nitrogens is 1. The molecule has 0 spiro atoms. The number of methoxy groups -OCH3 is 1. The number of nitrogens with zero attached hydrogens (tertiary/aromatic N) is 1. The minimum atomic E-state index is -0.383. The molecule has 0 aliphatic carbocycles. The molecule has 1 heterocycles. The number of ether oxygens (including phenoxy) is 1. The van der Waals surface area contributed by atoms with Gasteiger partial charge in [0.25, 0.3) is 5.91 Å². The van der Waals surface area contributed by atoms with Gasteiger partial charge in [0.2, 0.25) is 5.88 Å². The van der Waals surface area contributed by atoms with Crippen molar-refractivity contribution in [3.63, 3.8) is 0 Å². The first-order valence-electron chi connectivity index (χ1n) is 5.57. The molecule has 0 saturated heterocycles. The summed E-state index contributed by atoms with van der Waals surface area (Å²) in [6.45, 7) is 0. The molecule has 0 fully saturated rings. The third-order valence-corrected chi connectivity index (χ3v) is 3.17. The highest BCUT2D eigenvalue weighted by Crippen LogP contribution is 2.31. The molecule has 0 atom stereocenters. The molecule has 0 aliphatic rings. The van der Waals surface area contributed by atoms with Crippen LogP contribution in [0.1, 0.15) is 10.4 Å². The summed E-state index contributed by atoms with van der Waals surface area (Å²) >= 11 is 11.8. The van der Waals surface area contributed by atoms with Gasteiger partial charge < -0.3 is 15.8 Å². The van der Waals surface area contributed by atoms with E-state index in [-0.39, 0.29) is 27.5 Å². The average Bonchev–Trinajstić information content (AvgIpc) is 2.44. The maximum atomic E-state index is 12.2. The van der Waals surface area contributed by atoms with E-state index in [0.717, 1.165) is 0 Å². The molecular formula is C13H11Cl2N3O2. The van der Waals surface area contributed by atoms with Crippen LogP contribution in [0.25, 0.3) is 0 Å². The van der Waals surface area contributed by atoms with Gasteiger partial charge in [0, 0.05) is 11.9 Å². The second kappa shape index (κ2) is 5.98. The number of nitrogens with two attached hydrogens (primary N) is 1. The van der Waals surface area contributed by atoms with Gasteiger partial charge in [0.1, 0.15) is 5.56 Å². The van der Waals surface area contributed by atoms with E-state index in [9.17, 15) is 4.79 Å². The van der Waals surface area contributed by atoms with Crippen LogP contribution in [-0.2, 0) is 0 Å². The number of pyridine rings is 1. The lowest BCUT2D eigenvalue weighted by Gasteiger charge is -2.10. The molecule has 0 radical (unpaired) electrons. The number of hydrogen-bond acceptors (Lipinski definition) is 4. The van der Waals surface area contributed by atoms with Crippen LogP contribution in [-0.4, -0.2) is 18.0 Å². The lowest BCUT2D eigenvalue weighted by Crippen LogP contribution is -2.14. The third kappa shape index (κ3) is 2.95. The Bertz CT molecular complexity index is 639. The first kappa shape index (κ1) is 14.4. The van der Waals surface area contributed by atoms with E-state index in [0.29, 0.717) is 11.3 Å². The molecule has 0 bridgehead atoms. The van der Waals surface area contributed by atoms with Gasteiger partial charge in [-0.15, -0.1) is 0 Å². The SMILES string of the molecule is COc1ncccc1C(=O)Nc1cc(Cl)c(N)c(Cl)c1. The molecule has 2 aromatic rings. The average molecular weight is 312 g/mol. The highest BCUT2D eigenvalue weighted by molar-refractivity contribution is 6.39. The molecule has 1 amide bonds. The number of amides is 1. The van der Waals surface area contributed by atoms with E-state index in [1.54, 1.807) is 12.1 Å². The summed E-state index contributed by atoms with van der Waals surface area (Å²) in [5.74, 6) is -0.149. The second-order valence-electron chi connectivity index (χ2n) is 3.87. The van der Waals surface area contributed by atoms with E-state index in [2.05, 4.69) is 10.3 Å². The van der Waals surface area contributed by atoms with Gasteiger partial charge in [-0.2, -0.15) is 0 Å². The summed E-state index contributed by atoms with van der Waals surface area (Å²) in [6, 6.07) is 6.27. The lowest BCUT2D eigenvalue weighted by atomic mass is 10.2. The van der Waals surface area contributed by atoms with E-state index in [1.807, 2.05) is 0 Å². The minimum Gasteiger partial charge on any atom is -0.480 e. The van der Waals surface area contributed by atoms with Crippen LogP contribution in [0.3, 0.4) is 0 Å². The first-order chi connectivity index (χ1) is 9.52. The van der Waals surface area contributed by atoms with Gasteiger partial charge in [-0.3, -0.25) is 4.79 Å². The van der Waals surface area contributed by atoms with Gasteiger partial charge in [0.15, 0.2) is 0 Å². The number of rotatable bonds is 3. The molecule has 0 aliphatic heterocycles. The minimum absolute atomic E-state index is 0.234. The predicted octanol–water partition coefficient (Wildman–Crippen LogP) is 3.23. The summed E-state index contributed by atoms with van der Waals surface area (Å²) in [5, 5.41) is 3.20. The highest BCUT2D eigenvalue weighted by Gasteiger charge is 2.14. The molecule has 2 rings (SSSR count). The Labute approximate surface area is 125 Å². The number of carbonyl (C=O) groups excluding carboxylic acids is 1. The van der Waals surface area contributed by atoms with Crippen molar-refractivity contribution in [1.29, 1.82) is 0 Å². The van der Waals surface area contributed by atoms with E-state index in [4.69, 9.17) is 33.7 Å². The molecule has 0 saturated carbocycles. The van der Waals surface area contributed by atoms with E-state index in [1.165, 1.54) is 25.4 Å². The highest BCUT2D eigenvalue weighted by atomic mass is 35.5. The maximum Gasteiger partial charge on any atom is 0.261 e. The molecule has 1 aromatic carbocycles. The zero-order chi connectivity index (χ0) is 14.7. The zero-order valence-electron chi connectivity index (χ0n) is 10.5. The van der Waals surface area contributed by atoms with Crippen LogP contribution in [0.2, 0.25) is 10.0 Å². The van der Waals surface area contributed by atoms with Crippen molar-refractivity contribution >= 4 is 40.5 Å². The van der Waals surface area contributed by atoms with Crippen molar-refractivity contribution in [2.75, 3.05) is 18.2 Å². The summed E-state index contributed by atoms with van der Waals surface area (Å²) < 4.78 is 5.03. The summed E-state index contributed by atoms with van der Waals surface area (Å²) in [7, 11) is 1.44. The topological polar surface area (TPSA) is 77.2 Å². The van der Waals surface area contributed by atoms with Crippen molar-refractivity contribution in [3.8, 4) is 5.88 Å². The number of halogens is 2. The van der Waals surface area contributed by atoms with Gasteiger partial charge in [0.05, 0.1) is 22.8 Å². The Balaban J connectivity index is 2.28. The smallest absolute Gasteiger partial charge is 0.261 e. The molecule has 0 unspecified atom stereocenters. The fraction of sp³-hybridized carbons (Fsp3) is 0.0769. The Morgan fingerprint density at radius 1 is 1.35 bits per heavy atom. The first-order valence-corrected chi connectivity index (χ1v) is 6.33. The molecule has 5 nitrogen and oxygen atoms in total. The Hall–Kier alpha value is -1.98. The normalized spacial score (nSPS) is 10.2. The lowest BCUT2D eigenvalue weighted by molar-refractivity contribution is 0.102. The standard InChI is InChI=1S/C13H11Cl2N3O2/c1-20-13-8(3-2-4-17-13)12(19)18-7-5-9(14)11(16)10(15)6-7/h2-6H,16H2,1H3,(H,18,19). The maximum absolute atomic E-state index is 12.2. The fourth-order valence-corrected chi connectivity index (χ4v) is 2.07. The molecule has 3 N–H and O–H groups in total. The second-order valence-corrected chi connectivity index (χ2v) is 4.68. The Kier molecular flexibility index (Phi) is 4.32. The van der Waals surface area contributed by atoms with E-state index < -0.39 is 0 Å². The quantitative estimate of drug-likeness (QED) is 0.853. The molecule has 20 heavy (non-hydrogen) atoms. The summed E-state index contributed by atoms with van der Waals surface area (Å²) in [4.78, 5) is 16.1. The fourth-order valence-electron chi connectivity index (χ4n) is 1.58. The van der Waals surface area contributed by atoms with E-state index >= 15 is 0 Å². The third-order valence-electron chi connectivity index (χ3n) is 2.55. The number of carbonyl (C=O) groups is 1. The number of anilines is 2. The van der Waals surface area contributed by atoms with Crippen LogP contribution < -0.4 is 15.8 Å². The van der Waals surface area contributed by atoms with Crippen LogP contribution in [0.4, 0.5) is 11.4 Å². The number of benzene rings is 1. The Morgan fingerprint density at radius 2 is 2.00 bits per heavy atom. The summed E-state index contributed by atoms with van der Waals surface area (Å²) in [6.07, 6.45) is 1.53. The molecule has 7 heteroatoms. The zero-order valence-corrected chi connectivity index (χ0v) is 12.0. The molecule has 104 valence electrons. The van der Waals surface area contributed by atoms with Crippen LogP contribution in [0.5, 0.6) is 5.88 Å². The molecule has 1 aromatic heterocycles. The molecular weight excluding hydrogens is 301 g/mol. The van der Waals surface area contributed by atoms with Crippen LogP contribution in [0, 0.1) is 0 Å². The monoisotopic (exact) mass is 311 g/mol. The van der Waals surface area contributed by atoms with Crippen LogP contribution >= 0.6 is 23.2 Å². The van der Waals surface area contributed by atoms with Crippen LogP contribution in [0.15, 0.2) is 30.5 Å². The number of nitrogens with one attached hydrogen (secondary N) is 1. The Morgan fingerprint density at radius 3 is 2.60 bits per heavy atom. The van der Waals surface area contributed by atoms with Gasteiger partial charge in [-0.05, 0) is 24.3 Å². The summed E-state index contributed by atoms with van der Waals surface area (Å²) in [5.41, 5.74) is 6.64. The van der Waals surface area contributed by atoms with Crippen molar-refractivity contribution in [2.24, 2.45) is 0 Å². The van der Waals surface area contributed by atoms with Gasteiger partial charge in [-0.1, -0.05) is 23.2 Å². The predicted molar refractivity (Wildman–Crippen MR) is 79.6 cm³/mol. The van der Waals surface area contributed by atoms with Gasteiger partial charge >= 0.3 is 0 Å². The number of nitrogen functional groups attached to an aromatic ring is 1. The van der Waals surface area contributed by atoms with Crippen molar-refractivity contribution in [3.05, 3.63) is 46.1 Å². The van der Waals surface area contributed by atoms with Gasteiger partial charge in [-0.25, -0.2) is 4.98 Å². The number of hydrogen-bond donors (Lipinski definition) is 2.